The molecular weight excluding hydrogens is 532 g/mol. The first-order chi connectivity index (χ1) is 21.1. The minimum absolute atomic E-state index is 0.0112. The Morgan fingerprint density at radius 3 is 2.14 bits per heavy atom. The maximum Gasteiger partial charge on any atom is 0.344 e. The lowest BCUT2D eigenvalue weighted by Crippen LogP contribution is -2.41. The number of aromatic nitrogens is 2. The Bertz CT molecular complexity index is 2140. The van der Waals surface area contributed by atoms with Gasteiger partial charge < -0.3 is 4.42 Å². The summed E-state index contributed by atoms with van der Waals surface area (Å²) in [6, 6.07) is 44.9. The number of imidazole rings is 1. The third-order valence-corrected chi connectivity index (χ3v) is 8.12. The molecule has 43 heavy (non-hydrogen) atoms. The van der Waals surface area contributed by atoms with Gasteiger partial charge in [0.15, 0.2) is 23.6 Å². The molecule has 0 radical (unpaired) electrons. The van der Waals surface area contributed by atoms with E-state index in [-0.39, 0.29) is 18.0 Å². The Morgan fingerprint density at radius 2 is 1.37 bits per heavy atom. The highest BCUT2D eigenvalue weighted by Gasteiger charge is 2.33. The van der Waals surface area contributed by atoms with Gasteiger partial charge in [-0.2, -0.15) is 0 Å². The van der Waals surface area contributed by atoms with E-state index >= 15 is 0 Å². The third kappa shape index (κ3) is 4.85. The van der Waals surface area contributed by atoms with Crippen molar-refractivity contribution in [3.8, 4) is 11.1 Å². The molecule has 0 aliphatic rings. The van der Waals surface area contributed by atoms with Crippen molar-refractivity contribution >= 4 is 27.8 Å². The molecule has 0 N–H and O–H groups in total. The molecule has 5 heteroatoms. The van der Waals surface area contributed by atoms with Crippen molar-refractivity contribution in [3.63, 3.8) is 0 Å². The summed E-state index contributed by atoms with van der Waals surface area (Å²) in [5.41, 5.74) is 6.32. The first kappa shape index (κ1) is 26.4. The normalized spacial score (nSPS) is 12.0. The van der Waals surface area contributed by atoms with E-state index in [0.717, 1.165) is 38.9 Å². The number of carbonyl (C=O) groups excluding carboxylic acids is 1. The van der Waals surface area contributed by atoms with Crippen molar-refractivity contribution in [3.05, 3.63) is 172 Å². The highest BCUT2D eigenvalue weighted by Crippen LogP contribution is 2.31. The topological polar surface area (TPSA) is 56.1 Å². The Morgan fingerprint density at radius 1 is 0.744 bits per heavy atom. The molecule has 0 saturated carbocycles. The van der Waals surface area contributed by atoms with Crippen LogP contribution in [0, 0.1) is 6.92 Å². The van der Waals surface area contributed by atoms with Crippen LogP contribution in [0.2, 0.25) is 0 Å². The zero-order valence-corrected chi connectivity index (χ0v) is 23.7. The number of fused-ring (bicyclic) bond motifs is 2. The Balaban J connectivity index is 1.34. The fourth-order valence-corrected chi connectivity index (χ4v) is 5.99. The number of para-hydroxylation sites is 3. The first-order valence-electron chi connectivity index (χ1n) is 14.3. The fourth-order valence-electron chi connectivity index (χ4n) is 5.99. The van der Waals surface area contributed by atoms with Crippen molar-refractivity contribution in [1.29, 1.82) is 0 Å². The minimum atomic E-state index is -0.464. The van der Waals surface area contributed by atoms with Crippen LogP contribution in [-0.4, -0.2) is 10.4 Å². The van der Waals surface area contributed by atoms with Crippen LogP contribution >= 0.6 is 0 Å². The van der Waals surface area contributed by atoms with Crippen molar-refractivity contribution < 1.29 is 13.8 Å². The molecule has 5 nitrogen and oxygen atoms in total. The summed E-state index contributed by atoms with van der Waals surface area (Å²) in [6.07, 6.45) is 0. The van der Waals surface area contributed by atoms with E-state index in [2.05, 4.69) is 16.7 Å². The van der Waals surface area contributed by atoms with Crippen LogP contribution in [0.5, 0.6) is 0 Å². The standard InChI is InChI=1S/C38H29N2O3/c1-26-39(25-35(41)29-22-20-28(21-23-29)27-12-4-2-5-13-27)33-17-9-10-18-34(33)40(26)37(30-14-6-3-7-15-30)32-24-31-16-8-11-19-36(31)43-38(32)42/h2-24,37H,25H2,1H3/q+1. The zero-order chi connectivity index (χ0) is 29.3. The SMILES string of the molecule is Cc1n(C(c2ccccc2)c2cc3ccccc3oc2=O)c2ccccc2[n+]1CC(=O)c1ccc(-c2ccccc2)cc1. The third-order valence-electron chi connectivity index (χ3n) is 8.12. The Labute approximate surface area is 248 Å². The first-order valence-corrected chi connectivity index (χ1v) is 14.3. The van der Waals surface area contributed by atoms with E-state index in [4.69, 9.17) is 4.42 Å². The van der Waals surface area contributed by atoms with Crippen LogP contribution in [0.3, 0.4) is 0 Å². The van der Waals surface area contributed by atoms with Gasteiger partial charge in [0.25, 0.3) is 5.82 Å². The largest absolute Gasteiger partial charge is 0.422 e. The number of nitrogens with zero attached hydrogens (tertiary/aromatic N) is 2. The van der Waals surface area contributed by atoms with Crippen LogP contribution in [0.25, 0.3) is 33.1 Å². The van der Waals surface area contributed by atoms with Gasteiger partial charge in [-0.05, 0) is 35.4 Å². The molecule has 0 aliphatic carbocycles. The number of ketones is 1. The summed E-state index contributed by atoms with van der Waals surface area (Å²) in [4.78, 5) is 27.2. The molecule has 208 valence electrons. The second kappa shape index (κ2) is 11.0. The predicted octanol–water partition coefficient (Wildman–Crippen LogP) is 7.53. The summed E-state index contributed by atoms with van der Waals surface area (Å²) in [5.74, 6) is 0.869. The van der Waals surface area contributed by atoms with Gasteiger partial charge in [-0.25, -0.2) is 13.9 Å². The molecule has 7 rings (SSSR count). The van der Waals surface area contributed by atoms with Crippen molar-refractivity contribution in [2.75, 3.05) is 0 Å². The van der Waals surface area contributed by atoms with E-state index in [1.54, 1.807) is 6.07 Å². The quantitative estimate of drug-likeness (QED) is 0.115. The van der Waals surface area contributed by atoms with E-state index in [1.165, 1.54) is 0 Å². The molecule has 1 atom stereocenters. The molecule has 0 aliphatic heterocycles. The molecule has 0 spiro atoms. The molecule has 2 aromatic heterocycles. The minimum Gasteiger partial charge on any atom is -0.422 e. The average molecular weight is 562 g/mol. The second-order valence-electron chi connectivity index (χ2n) is 10.7. The summed E-state index contributed by atoms with van der Waals surface area (Å²) >= 11 is 0. The van der Waals surface area contributed by atoms with E-state index < -0.39 is 6.04 Å². The Kier molecular flexibility index (Phi) is 6.76. The van der Waals surface area contributed by atoms with Crippen LogP contribution in [0.15, 0.2) is 149 Å². The number of Topliss-reactive ketones (excluding diaryl/α,β-unsaturated/α-hetero) is 1. The second-order valence-corrected chi connectivity index (χ2v) is 10.7. The summed E-state index contributed by atoms with van der Waals surface area (Å²) in [7, 11) is 0. The van der Waals surface area contributed by atoms with Crippen molar-refractivity contribution in [1.82, 2.24) is 4.57 Å². The van der Waals surface area contributed by atoms with E-state index in [9.17, 15) is 9.59 Å². The van der Waals surface area contributed by atoms with Gasteiger partial charge in [0.1, 0.15) is 5.58 Å². The molecule has 0 fully saturated rings. The molecule has 0 amide bonds. The molecule has 0 bridgehead atoms. The van der Waals surface area contributed by atoms with Crippen LogP contribution in [-0.2, 0) is 6.54 Å². The van der Waals surface area contributed by atoms with Gasteiger partial charge >= 0.3 is 5.63 Å². The van der Waals surface area contributed by atoms with E-state index in [0.29, 0.717) is 16.7 Å². The summed E-state index contributed by atoms with van der Waals surface area (Å²) in [5, 5.41) is 0.856. The van der Waals surface area contributed by atoms with Crippen LogP contribution in [0.1, 0.15) is 33.4 Å². The molecule has 7 aromatic rings. The Hall–Kier alpha value is -5.55. The lowest BCUT2D eigenvalue weighted by molar-refractivity contribution is -0.664. The number of carbonyl (C=O) groups is 1. The number of hydrogen-bond donors (Lipinski definition) is 0. The molecule has 1 unspecified atom stereocenters. The van der Waals surface area contributed by atoms with Crippen LogP contribution in [0.4, 0.5) is 0 Å². The van der Waals surface area contributed by atoms with Crippen molar-refractivity contribution in [2.45, 2.75) is 19.5 Å². The molecule has 2 heterocycles. The lowest BCUT2D eigenvalue weighted by Gasteiger charge is -2.16. The lowest BCUT2D eigenvalue weighted by atomic mass is 9.98. The molecule has 0 saturated heterocycles. The van der Waals surface area contributed by atoms with Gasteiger partial charge in [-0.3, -0.25) is 4.79 Å². The average Bonchev–Trinajstić information content (AvgIpc) is 3.33. The predicted molar refractivity (Wildman–Crippen MR) is 169 cm³/mol. The maximum atomic E-state index is 13.7. The summed E-state index contributed by atoms with van der Waals surface area (Å²) < 4.78 is 10.0. The van der Waals surface area contributed by atoms with Gasteiger partial charge in [-0.15, -0.1) is 0 Å². The number of hydrogen-bond acceptors (Lipinski definition) is 3. The smallest absolute Gasteiger partial charge is 0.344 e. The fraction of sp³-hybridized carbons (Fsp3) is 0.0789. The summed E-state index contributed by atoms with van der Waals surface area (Å²) in [6.45, 7) is 2.17. The van der Waals surface area contributed by atoms with Gasteiger partial charge in [0, 0.05) is 23.4 Å². The van der Waals surface area contributed by atoms with E-state index in [1.807, 2.05) is 133 Å². The zero-order valence-electron chi connectivity index (χ0n) is 23.7. The monoisotopic (exact) mass is 561 g/mol. The van der Waals surface area contributed by atoms with Crippen molar-refractivity contribution in [2.24, 2.45) is 0 Å². The van der Waals surface area contributed by atoms with Gasteiger partial charge in [0.2, 0.25) is 5.78 Å². The molecular formula is C38H29N2O3+. The number of rotatable bonds is 7. The highest BCUT2D eigenvalue weighted by atomic mass is 16.4. The highest BCUT2D eigenvalue weighted by molar-refractivity contribution is 5.95. The maximum absolute atomic E-state index is 13.7. The van der Waals surface area contributed by atoms with Gasteiger partial charge in [-0.1, -0.05) is 115 Å². The molecule has 5 aromatic carbocycles. The van der Waals surface area contributed by atoms with Crippen LogP contribution < -0.4 is 10.2 Å². The van der Waals surface area contributed by atoms with Gasteiger partial charge in [0.05, 0.1) is 5.56 Å². The number of benzene rings is 5.